The van der Waals surface area contributed by atoms with Gasteiger partial charge in [-0.2, -0.15) is 0 Å². The topological polar surface area (TPSA) is 60.3 Å². The summed E-state index contributed by atoms with van der Waals surface area (Å²) in [7, 11) is 1.66. The van der Waals surface area contributed by atoms with Crippen molar-refractivity contribution in [3.05, 3.63) is 53.9 Å². The molecule has 116 valence electrons. The molecule has 1 aromatic carbocycles. The summed E-state index contributed by atoms with van der Waals surface area (Å²) in [5.41, 5.74) is 0.0979. The zero-order valence-electron chi connectivity index (χ0n) is 12.0. The number of aromatic nitrogens is 1. The van der Waals surface area contributed by atoms with Crippen LogP contribution in [0.25, 0.3) is 0 Å². The van der Waals surface area contributed by atoms with Crippen LogP contribution in [0.3, 0.4) is 0 Å². The van der Waals surface area contributed by atoms with Crippen LogP contribution in [-0.2, 0) is 16.6 Å². The zero-order chi connectivity index (χ0) is 16.3. The Hall–Kier alpha value is -2.70. The minimum atomic E-state index is -1.13. The molecule has 0 aliphatic heterocycles. The van der Waals surface area contributed by atoms with E-state index in [0.717, 1.165) is 12.1 Å². The van der Waals surface area contributed by atoms with E-state index in [-0.39, 0.29) is 11.4 Å². The standard InChI is InChI=1S/C15H14F2N2O3/c1-9(22-15(21)13-4-3-7-19(13)2)14(20)18-12-6-5-10(16)8-11(12)17/h3-9H,1-2H3,(H,18,20)/t9-/m1/s1. The van der Waals surface area contributed by atoms with Gasteiger partial charge in [0.15, 0.2) is 6.10 Å². The van der Waals surface area contributed by atoms with Crippen LogP contribution in [0.15, 0.2) is 36.5 Å². The van der Waals surface area contributed by atoms with Crippen molar-refractivity contribution in [1.82, 2.24) is 4.57 Å². The number of aryl methyl sites for hydroxylation is 1. The Morgan fingerprint density at radius 2 is 2.00 bits per heavy atom. The van der Waals surface area contributed by atoms with E-state index >= 15 is 0 Å². The Morgan fingerprint density at radius 3 is 2.59 bits per heavy atom. The average molecular weight is 308 g/mol. The molecule has 2 rings (SSSR count). The second-order valence-electron chi connectivity index (χ2n) is 4.67. The lowest BCUT2D eigenvalue weighted by Crippen LogP contribution is -2.30. The summed E-state index contributed by atoms with van der Waals surface area (Å²) >= 11 is 0. The zero-order valence-corrected chi connectivity index (χ0v) is 12.0. The SMILES string of the molecule is C[C@@H](OC(=O)c1cccn1C)C(=O)Nc1ccc(F)cc1F. The van der Waals surface area contributed by atoms with Crippen LogP contribution in [0.4, 0.5) is 14.5 Å². The van der Waals surface area contributed by atoms with Gasteiger partial charge in [-0.1, -0.05) is 0 Å². The fraction of sp³-hybridized carbons (Fsp3) is 0.200. The van der Waals surface area contributed by atoms with Crippen molar-refractivity contribution >= 4 is 17.6 Å². The van der Waals surface area contributed by atoms with Crippen molar-refractivity contribution < 1.29 is 23.1 Å². The van der Waals surface area contributed by atoms with Gasteiger partial charge in [-0.3, -0.25) is 4.79 Å². The van der Waals surface area contributed by atoms with E-state index in [1.165, 1.54) is 6.92 Å². The van der Waals surface area contributed by atoms with Crippen LogP contribution in [0.2, 0.25) is 0 Å². The second kappa shape index (κ2) is 6.38. The Bertz CT molecular complexity index is 713. The summed E-state index contributed by atoms with van der Waals surface area (Å²) in [6.45, 7) is 1.36. The van der Waals surface area contributed by atoms with Crippen LogP contribution < -0.4 is 5.32 Å². The number of nitrogens with one attached hydrogen (secondary N) is 1. The summed E-state index contributed by atoms with van der Waals surface area (Å²) < 4.78 is 32.8. The molecule has 5 nitrogen and oxygen atoms in total. The van der Waals surface area contributed by atoms with Gasteiger partial charge in [0.1, 0.15) is 17.3 Å². The number of hydrogen-bond donors (Lipinski definition) is 1. The molecule has 0 aliphatic carbocycles. The van der Waals surface area contributed by atoms with Crippen LogP contribution in [0.5, 0.6) is 0 Å². The van der Waals surface area contributed by atoms with Crippen molar-refractivity contribution in [2.45, 2.75) is 13.0 Å². The van der Waals surface area contributed by atoms with Gasteiger partial charge >= 0.3 is 5.97 Å². The highest BCUT2D eigenvalue weighted by atomic mass is 19.1. The van der Waals surface area contributed by atoms with E-state index < -0.39 is 29.6 Å². The Kier molecular flexibility index (Phi) is 4.55. The summed E-state index contributed by atoms with van der Waals surface area (Å²) in [6, 6.07) is 5.96. The lowest BCUT2D eigenvalue weighted by molar-refractivity contribution is -0.123. The highest BCUT2D eigenvalue weighted by molar-refractivity contribution is 5.97. The molecule has 1 N–H and O–H groups in total. The number of amides is 1. The molecular weight excluding hydrogens is 294 g/mol. The number of anilines is 1. The minimum absolute atomic E-state index is 0.187. The summed E-state index contributed by atoms with van der Waals surface area (Å²) in [5, 5.41) is 2.24. The van der Waals surface area contributed by atoms with Gasteiger partial charge in [0.2, 0.25) is 0 Å². The Balaban J connectivity index is 2.00. The van der Waals surface area contributed by atoms with Gasteiger partial charge in [0, 0.05) is 19.3 Å². The van der Waals surface area contributed by atoms with Gasteiger partial charge in [0.05, 0.1) is 5.69 Å². The molecule has 0 fully saturated rings. The Morgan fingerprint density at radius 1 is 1.27 bits per heavy atom. The van der Waals surface area contributed by atoms with Crippen LogP contribution >= 0.6 is 0 Å². The third kappa shape index (κ3) is 3.49. The molecule has 0 aliphatic rings. The van der Waals surface area contributed by atoms with E-state index in [1.54, 1.807) is 29.9 Å². The first-order valence-electron chi connectivity index (χ1n) is 6.46. The van der Waals surface area contributed by atoms with Crippen molar-refractivity contribution in [3.8, 4) is 0 Å². The van der Waals surface area contributed by atoms with E-state index in [0.29, 0.717) is 6.07 Å². The van der Waals surface area contributed by atoms with Gasteiger partial charge in [-0.25, -0.2) is 13.6 Å². The highest BCUT2D eigenvalue weighted by Gasteiger charge is 2.21. The molecule has 1 heterocycles. The van der Waals surface area contributed by atoms with Crippen molar-refractivity contribution in [2.75, 3.05) is 5.32 Å². The lowest BCUT2D eigenvalue weighted by atomic mass is 10.2. The van der Waals surface area contributed by atoms with Crippen LogP contribution in [0.1, 0.15) is 17.4 Å². The molecule has 7 heteroatoms. The fourth-order valence-corrected chi connectivity index (χ4v) is 1.77. The maximum atomic E-state index is 13.4. The molecule has 0 spiro atoms. The predicted molar refractivity (Wildman–Crippen MR) is 75.3 cm³/mol. The largest absolute Gasteiger partial charge is 0.448 e. The van der Waals surface area contributed by atoms with Crippen molar-refractivity contribution in [3.63, 3.8) is 0 Å². The van der Waals surface area contributed by atoms with E-state index in [1.807, 2.05) is 0 Å². The number of rotatable bonds is 4. The van der Waals surface area contributed by atoms with Gasteiger partial charge in [-0.15, -0.1) is 0 Å². The predicted octanol–water partition coefficient (Wildman–Crippen LogP) is 2.49. The molecule has 0 saturated carbocycles. The molecule has 0 bridgehead atoms. The Labute approximate surface area is 125 Å². The number of esters is 1. The summed E-state index contributed by atoms with van der Waals surface area (Å²) in [4.78, 5) is 23.7. The maximum Gasteiger partial charge on any atom is 0.355 e. The fourth-order valence-electron chi connectivity index (χ4n) is 1.77. The number of hydrogen-bond acceptors (Lipinski definition) is 3. The number of ether oxygens (including phenoxy) is 1. The molecule has 1 aromatic heterocycles. The van der Waals surface area contributed by atoms with Gasteiger partial charge in [0.25, 0.3) is 5.91 Å². The van der Waals surface area contributed by atoms with Crippen LogP contribution in [-0.4, -0.2) is 22.5 Å². The van der Waals surface area contributed by atoms with E-state index in [2.05, 4.69) is 5.32 Å². The summed E-state index contributed by atoms with van der Waals surface area (Å²) in [5.74, 6) is -3.05. The second-order valence-corrected chi connectivity index (χ2v) is 4.67. The van der Waals surface area contributed by atoms with Crippen molar-refractivity contribution in [1.29, 1.82) is 0 Å². The number of benzene rings is 1. The smallest absolute Gasteiger partial charge is 0.355 e. The number of carbonyl (C=O) groups excluding carboxylic acids is 2. The average Bonchev–Trinajstić information content (AvgIpc) is 2.88. The van der Waals surface area contributed by atoms with Gasteiger partial charge < -0.3 is 14.6 Å². The van der Waals surface area contributed by atoms with Crippen LogP contribution in [0, 0.1) is 11.6 Å². The molecule has 0 unspecified atom stereocenters. The van der Waals surface area contributed by atoms with Crippen molar-refractivity contribution in [2.24, 2.45) is 7.05 Å². The monoisotopic (exact) mass is 308 g/mol. The molecule has 2 aromatic rings. The maximum absolute atomic E-state index is 13.4. The number of halogens is 2. The van der Waals surface area contributed by atoms with E-state index in [4.69, 9.17) is 4.74 Å². The molecule has 1 amide bonds. The quantitative estimate of drug-likeness (QED) is 0.883. The summed E-state index contributed by atoms with van der Waals surface area (Å²) in [6.07, 6.45) is 0.529. The van der Waals surface area contributed by atoms with Gasteiger partial charge in [-0.05, 0) is 31.2 Å². The first-order chi connectivity index (χ1) is 10.4. The normalized spacial score (nSPS) is 11.8. The first-order valence-corrected chi connectivity index (χ1v) is 6.46. The van der Waals surface area contributed by atoms with E-state index in [9.17, 15) is 18.4 Å². The third-order valence-electron chi connectivity index (χ3n) is 2.99. The molecular formula is C15H14F2N2O3. The highest BCUT2D eigenvalue weighted by Crippen LogP contribution is 2.15. The number of nitrogens with zero attached hydrogens (tertiary/aromatic N) is 1. The molecule has 22 heavy (non-hydrogen) atoms. The molecule has 0 radical (unpaired) electrons. The molecule has 1 atom stereocenters. The third-order valence-corrected chi connectivity index (χ3v) is 2.99. The lowest BCUT2D eigenvalue weighted by Gasteiger charge is -2.14. The minimum Gasteiger partial charge on any atom is -0.448 e. The molecule has 0 saturated heterocycles. The first kappa shape index (κ1) is 15.7. The number of carbonyl (C=O) groups is 2.